The second-order valence-electron chi connectivity index (χ2n) is 3.59. The predicted octanol–water partition coefficient (Wildman–Crippen LogP) is 1.84. The number of nitrogens with one attached hydrogen (secondary N) is 2. The van der Waals surface area contributed by atoms with E-state index in [-0.39, 0.29) is 12.1 Å². The maximum absolute atomic E-state index is 11.4. The molecule has 0 spiro atoms. The van der Waals surface area contributed by atoms with Crippen LogP contribution in [0.1, 0.15) is 18.5 Å². The number of amides is 2. The standard InChI is InChI=1S/C12H11N3O/c1-8-10(7-13)11(15-12(16)14-8)9-5-3-2-4-6-9/h2-6,11H,1H3,(H2,14,15,16)/t11-/m0/s1. The van der Waals surface area contributed by atoms with Gasteiger partial charge in [0.05, 0.1) is 17.7 Å². The molecule has 0 saturated heterocycles. The zero-order chi connectivity index (χ0) is 11.5. The molecule has 1 aromatic rings. The molecule has 0 bridgehead atoms. The van der Waals surface area contributed by atoms with Crippen molar-refractivity contribution in [3.05, 3.63) is 47.2 Å². The Hall–Kier alpha value is -2.28. The van der Waals surface area contributed by atoms with Crippen LogP contribution in [0.2, 0.25) is 0 Å². The molecule has 80 valence electrons. The van der Waals surface area contributed by atoms with Gasteiger partial charge in [-0.1, -0.05) is 30.3 Å². The highest BCUT2D eigenvalue weighted by molar-refractivity contribution is 5.79. The highest BCUT2D eigenvalue weighted by Gasteiger charge is 2.25. The first kappa shape index (κ1) is 10.2. The Kier molecular flexibility index (Phi) is 2.61. The van der Waals surface area contributed by atoms with Gasteiger partial charge < -0.3 is 10.6 Å². The molecule has 1 aliphatic rings. The lowest BCUT2D eigenvalue weighted by Crippen LogP contribution is -2.43. The normalized spacial score (nSPS) is 19.8. The first-order valence-corrected chi connectivity index (χ1v) is 4.95. The van der Waals surface area contributed by atoms with Gasteiger partial charge in [-0.3, -0.25) is 0 Å². The van der Waals surface area contributed by atoms with Gasteiger partial charge in [-0.05, 0) is 12.5 Å². The van der Waals surface area contributed by atoms with E-state index in [1.165, 1.54) is 0 Å². The van der Waals surface area contributed by atoms with Gasteiger partial charge in [0.1, 0.15) is 0 Å². The lowest BCUT2D eigenvalue weighted by Gasteiger charge is -2.25. The molecule has 2 rings (SSSR count). The topological polar surface area (TPSA) is 64.9 Å². The van der Waals surface area contributed by atoms with E-state index in [0.29, 0.717) is 11.3 Å². The van der Waals surface area contributed by atoms with Crippen LogP contribution < -0.4 is 10.6 Å². The molecule has 1 atom stereocenters. The number of allylic oxidation sites excluding steroid dienone is 1. The van der Waals surface area contributed by atoms with E-state index in [1.54, 1.807) is 6.92 Å². The molecule has 0 fully saturated rings. The molecule has 0 unspecified atom stereocenters. The van der Waals surface area contributed by atoms with E-state index in [0.717, 1.165) is 5.56 Å². The molecule has 1 aliphatic heterocycles. The smallest absolute Gasteiger partial charge is 0.319 e. The number of carbonyl (C=O) groups is 1. The molecule has 4 nitrogen and oxygen atoms in total. The zero-order valence-electron chi connectivity index (χ0n) is 8.82. The fourth-order valence-electron chi connectivity index (χ4n) is 1.74. The van der Waals surface area contributed by atoms with Crippen molar-refractivity contribution in [2.75, 3.05) is 0 Å². The second-order valence-corrected chi connectivity index (χ2v) is 3.59. The summed E-state index contributed by atoms with van der Waals surface area (Å²) < 4.78 is 0. The Morgan fingerprint density at radius 2 is 2.00 bits per heavy atom. The van der Waals surface area contributed by atoms with Gasteiger partial charge in [-0.2, -0.15) is 5.26 Å². The average molecular weight is 213 g/mol. The minimum absolute atomic E-state index is 0.273. The van der Waals surface area contributed by atoms with Gasteiger partial charge in [0.2, 0.25) is 0 Å². The predicted molar refractivity (Wildman–Crippen MR) is 59.2 cm³/mol. The number of urea groups is 1. The summed E-state index contributed by atoms with van der Waals surface area (Å²) >= 11 is 0. The van der Waals surface area contributed by atoms with Crippen LogP contribution >= 0.6 is 0 Å². The summed E-state index contributed by atoms with van der Waals surface area (Å²) in [5.41, 5.74) is 2.07. The molecule has 2 amide bonds. The zero-order valence-corrected chi connectivity index (χ0v) is 8.82. The highest BCUT2D eigenvalue weighted by atomic mass is 16.2. The minimum Gasteiger partial charge on any atom is -0.326 e. The van der Waals surface area contributed by atoms with Crippen molar-refractivity contribution in [3.63, 3.8) is 0 Å². The van der Waals surface area contributed by atoms with Crippen molar-refractivity contribution in [1.29, 1.82) is 5.26 Å². The molecule has 0 saturated carbocycles. The highest BCUT2D eigenvalue weighted by Crippen LogP contribution is 2.25. The fourth-order valence-corrected chi connectivity index (χ4v) is 1.74. The summed E-state index contributed by atoms with van der Waals surface area (Å²) in [6, 6.07) is 10.9. The average Bonchev–Trinajstić information content (AvgIpc) is 2.29. The first-order valence-electron chi connectivity index (χ1n) is 4.95. The van der Waals surface area contributed by atoms with E-state index >= 15 is 0 Å². The van der Waals surface area contributed by atoms with E-state index in [4.69, 9.17) is 5.26 Å². The van der Waals surface area contributed by atoms with E-state index in [9.17, 15) is 4.79 Å². The third-order valence-electron chi connectivity index (χ3n) is 2.52. The van der Waals surface area contributed by atoms with Gasteiger partial charge in [-0.25, -0.2) is 4.79 Å². The van der Waals surface area contributed by atoms with Crippen LogP contribution in [0.15, 0.2) is 41.6 Å². The third kappa shape index (κ3) is 1.75. The van der Waals surface area contributed by atoms with E-state index < -0.39 is 0 Å². The van der Waals surface area contributed by atoms with Crippen LogP contribution in [0, 0.1) is 11.3 Å². The number of nitriles is 1. The summed E-state index contributed by atoms with van der Waals surface area (Å²) in [4.78, 5) is 11.4. The molecule has 0 radical (unpaired) electrons. The summed E-state index contributed by atoms with van der Waals surface area (Å²) in [6.45, 7) is 1.73. The Bertz CT molecular complexity index is 485. The van der Waals surface area contributed by atoms with Crippen molar-refractivity contribution >= 4 is 6.03 Å². The maximum atomic E-state index is 11.4. The molecule has 1 heterocycles. The van der Waals surface area contributed by atoms with Gasteiger partial charge in [-0.15, -0.1) is 0 Å². The lowest BCUT2D eigenvalue weighted by molar-refractivity contribution is 0.239. The van der Waals surface area contributed by atoms with Crippen LogP contribution in [0.3, 0.4) is 0 Å². The Morgan fingerprint density at radius 1 is 1.31 bits per heavy atom. The first-order chi connectivity index (χ1) is 7.72. The summed E-state index contributed by atoms with van der Waals surface area (Å²) in [5, 5.41) is 14.4. The van der Waals surface area contributed by atoms with Gasteiger partial charge in [0.25, 0.3) is 0 Å². The maximum Gasteiger partial charge on any atom is 0.319 e. The van der Waals surface area contributed by atoms with E-state index in [2.05, 4.69) is 16.7 Å². The number of hydrogen-bond donors (Lipinski definition) is 2. The number of carbonyl (C=O) groups excluding carboxylic acids is 1. The lowest BCUT2D eigenvalue weighted by atomic mass is 9.97. The SMILES string of the molecule is CC1=C(C#N)[C@H](c2ccccc2)NC(=O)N1. The fraction of sp³-hybridized carbons (Fsp3) is 0.167. The van der Waals surface area contributed by atoms with Crippen molar-refractivity contribution in [2.45, 2.75) is 13.0 Å². The van der Waals surface area contributed by atoms with Crippen molar-refractivity contribution < 1.29 is 4.79 Å². The number of nitrogens with zero attached hydrogens (tertiary/aromatic N) is 1. The van der Waals surface area contributed by atoms with E-state index in [1.807, 2.05) is 30.3 Å². The molecule has 0 aliphatic carbocycles. The third-order valence-corrected chi connectivity index (χ3v) is 2.52. The molecule has 4 heteroatoms. The van der Waals surface area contributed by atoms with Crippen molar-refractivity contribution in [2.24, 2.45) is 0 Å². The Balaban J connectivity index is 2.45. The monoisotopic (exact) mass is 213 g/mol. The minimum atomic E-state index is -0.347. The Labute approximate surface area is 93.6 Å². The van der Waals surface area contributed by atoms with Crippen molar-refractivity contribution in [1.82, 2.24) is 10.6 Å². The van der Waals surface area contributed by atoms with Crippen LogP contribution in [-0.2, 0) is 0 Å². The largest absolute Gasteiger partial charge is 0.326 e. The van der Waals surface area contributed by atoms with Crippen molar-refractivity contribution in [3.8, 4) is 6.07 Å². The van der Waals surface area contributed by atoms with Gasteiger partial charge >= 0.3 is 6.03 Å². The molecule has 1 aromatic carbocycles. The summed E-state index contributed by atoms with van der Waals surface area (Å²) in [5.74, 6) is 0. The molecular formula is C12H11N3O. The van der Waals surface area contributed by atoms with Crippen LogP contribution in [0.25, 0.3) is 0 Å². The summed E-state index contributed by atoms with van der Waals surface area (Å²) in [6.07, 6.45) is 0. The number of hydrogen-bond acceptors (Lipinski definition) is 2. The van der Waals surface area contributed by atoms with Crippen LogP contribution in [0.5, 0.6) is 0 Å². The van der Waals surface area contributed by atoms with Gasteiger partial charge in [0, 0.05) is 5.70 Å². The van der Waals surface area contributed by atoms with Gasteiger partial charge in [0.15, 0.2) is 0 Å². The number of benzene rings is 1. The molecule has 16 heavy (non-hydrogen) atoms. The molecule has 0 aromatic heterocycles. The summed E-state index contributed by atoms with van der Waals surface area (Å²) in [7, 11) is 0. The molecular weight excluding hydrogens is 202 g/mol. The second kappa shape index (κ2) is 4.07. The number of rotatable bonds is 1. The Morgan fingerprint density at radius 3 is 2.62 bits per heavy atom. The van der Waals surface area contributed by atoms with Crippen LogP contribution in [0.4, 0.5) is 4.79 Å². The quantitative estimate of drug-likeness (QED) is 0.747. The van der Waals surface area contributed by atoms with Crippen LogP contribution in [-0.4, -0.2) is 6.03 Å². The molecule has 2 N–H and O–H groups in total.